The predicted molar refractivity (Wildman–Crippen MR) is 80.6 cm³/mol. The fraction of sp³-hybridized carbons (Fsp3) is 0.353. The van der Waals surface area contributed by atoms with Gasteiger partial charge in [0.1, 0.15) is 12.4 Å². The molecule has 108 valence electrons. The lowest BCUT2D eigenvalue weighted by Crippen LogP contribution is -1.95. The minimum absolute atomic E-state index is 0.103. The van der Waals surface area contributed by atoms with E-state index in [2.05, 4.69) is 0 Å². The molecule has 0 aromatic heterocycles. The SMILES string of the molecule is CC/C(=C\C=C(/C)OCc1ccc(OC)cc1)C(C)=O. The van der Waals surface area contributed by atoms with E-state index in [0.29, 0.717) is 6.61 Å². The van der Waals surface area contributed by atoms with E-state index in [1.54, 1.807) is 14.0 Å². The molecule has 0 unspecified atom stereocenters. The average Bonchev–Trinajstić information content (AvgIpc) is 2.46. The van der Waals surface area contributed by atoms with Crippen molar-refractivity contribution in [3.8, 4) is 5.75 Å². The summed E-state index contributed by atoms with van der Waals surface area (Å²) in [5.41, 5.74) is 1.88. The van der Waals surface area contributed by atoms with Crippen LogP contribution < -0.4 is 4.74 Å². The molecule has 0 aliphatic rings. The third-order valence-corrected chi connectivity index (χ3v) is 2.98. The van der Waals surface area contributed by atoms with Crippen LogP contribution in [0.2, 0.25) is 0 Å². The van der Waals surface area contributed by atoms with Crippen LogP contribution in [0.15, 0.2) is 47.7 Å². The number of hydrogen-bond acceptors (Lipinski definition) is 3. The van der Waals surface area contributed by atoms with Gasteiger partial charge in [0.2, 0.25) is 0 Å². The Morgan fingerprint density at radius 1 is 1.15 bits per heavy atom. The molecule has 1 aromatic rings. The van der Waals surface area contributed by atoms with Gasteiger partial charge in [0, 0.05) is 0 Å². The van der Waals surface area contributed by atoms with Gasteiger partial charge in [-0.15, -0.1) is 0 Å². The van der Waals surface area contributed by atoms with Gasteiger partial charge in [0.25, 0.3) is 0 Å². The highest BCUT2D eigenvalue weighted by Gasteiger charge is 1.99. The largest absolute Gasteiger partial charge is 0.497 e. The highest BCUT2D eigenvalue weighted by molar-refractivity contribution is 5.93. The van der Waals surface area contributed by atoms with Crippen LogP contribution >= 0.6 is 0 Å². The number of hydrogen-bond donors (Lipinski definition) is 0. The zero-order valence-corrected chi connectivity index (χ0v) is 12.6. The molecule has 0 aliphatic heterocycles. The monoisotopic (exact) mass is 274 g/mol. The van der Waals surface area contributed by atoms with Crippen LogP contribution in [0.5, 0.6) is 5.75 Å². The summed E-state index contributed by atoms with van der Waals surface area (Å²) in [5, 5.41) is 0. The Hall–Kier alpha value is -2.03. The Morgan fingerprint density at radius 2 is 1.80 bits per heavy atom. The maximum absolute atomic E-state index is 11.3. The van der Waals surface area contributed by atoms with Gasteiger partial charge in [-0.1, -0.05) is 25.1 Å². The normalized spacial score (nSPS) is 12.2. The second-order valence-corrected chi connectivity index (χ2v) is 4.52. The molecule has 0 amide bonds. The van der Waals surface area contributed by atoms with Crippen molar-refractivity contribution in [1.82, 2.24) is 0 Å². The van der Waals surface area contributed by atoms with Crippen molar-refractivity contribution in [3.63, 3.8) is 0 Å². The fourth-order valence-corrected chi connectivity index (χ4v) is 1.67. The van der Waals surface area contributed by atoms with Crippen LogP contribution in [0.4, 0.5) is 0 Å². The van der Waals surface area contributed by atoms with Crippen LogP contribution in [-0.4, -0.2) is 12.9 Å². The van der Waals surface area contributed by atoms with E-state index < -0.39 is 0 Å². The van der Waals surface area contributed by atoms with Crippen molar-refractivity contribution in [2.45, 2.75) is 33.8 Å². The minimum atomic E-state index is 0.103. The van der Waals surface area contributed by atoms with Gasteiger partial charge in [-0.3, -0.25) is 4.79 Å². The second-order valence-electron chi connectivity index (χ2n) is 4.52. The first-order chi connectivity index (χ1) is 9.56. The van der Waals surface area contributed by atoms with Crippen molar-refractivity contribution in [1.29, 1.82) is 0 Å². The molecule has 0 radical (unpaired) electrons. The van der Waals surface area contributed by atoms with Crippen molar-refractivity contribution in [2.75, 3.05) is 7.11 Å². The zero-order chi connectivity index (χ0) is 15.0. The fourth-order valence-electron chi connectivity index (χ4n) is 1.67. The lowest BCUT2D eigenvalue weighted by atomic mass is 10.1. The Bertz CT molecular complexity index is 495. The molecule has 0 saturated heterocycles. The molecule has 3 nitrogen and oxygen atoms in total. The Labute approximate surface area is 120 Å². The van der Waals surface area contributed by atoms with Crippen LogP contribution in [0.3, 0.4) is 0 Å². The summed E-state index contributed by atoms with van der Waals surface area (Å²) in [5.74, 6) is 1.72. The lowest BCUT2D eigenvalue weighted by molar-refractivity contribution is -0.113. The highest BCUT2D eigenvalue weighted by Crippen LogP contribution is 2.13. The lowest BCUT2D eigenvalue weighted by Gasteiger charge is -2.07. The Morgan fingerprint density at radius 3 is 2.30 bits per heavy atom. The van der Waals surface area contributed by atoms with Gasteiger partial charge in [0.05, 0.1) is 12.9 Å². The van der Waals surface area contributed by atoms with Gasteiger partial charge >= 0.3 is 0 Å². The Balaban J connectivity index is 2.57. The topological polar surface area (TPSA) is 35.5 Å². The molecular formula is C17H22O3. The first kappa shape index (κ1) is 16.0. The molecule has 0 saturated carbocycles. The van der Waals surface area contributed by atoms with Gasteiger partial charge in [-0.2, -0.15) is 0 Å². The third kappa shape index (κ3) is 5.31. The summed E-state index contributed by atoms with van der Waals surface area (Å²) in [7, 11) is 1.64. The number of carbonyl (C=O) groups excluding carboxylic acids is 1. The summed E-state index contributed by atoms with van der Waals surface area (Å²) in [6.07, 6.45) is 4.40. The molecule has 3 heteroatoms. The van der Waals surface area contributed by atoms with Crippen molar-refractivity contribution in [3.05, 3.63) is 53.3 Å². The van der Waals surface area contributed by atoms with Crippen molar-refractivity contribution < 1.29 is 14.3 Å². The molecule has 20 heavy (non-hydrogen) atoms. The molecule has 0 fully saturated rings. The predicted octanol–water partition coefficient (Wildman–Crippen LogP) is 4.04. The molecule has 1 rings (SSSR count). The minimum Gasteiger partial charge on any atom is -0.497 e. The molecule has 0 spiro atoms. The number of rotatable bonds is 7. The number of ether oxygens (including phenoxy) is 2. The highest BCUT2D eigenvalue weighted by atomic mass is 16.5. The zero-order valence-electron chi connectivity index (χ0n) is 12.6. The third-order valence-electron chi connectivity index (χ3n) is 2.98. The number of carbonyl (C=O) groups is 1. The van der Waals surface area contributed by atoms with E-state index >= 15 is 0 Å². The summed E-state index contributed by atoms with van der Waals surface area (Å²) in [4.78, 5) is 11.3. The van der Waals surface area contributed by atoms with Gasteiger partial charge in [-0.25, -0.2) is 0 Å². The number of benzene rings is 1. The standard InChI is InChI=1S/C17H22O3/c1-5-16(14(3)18)9-6-13(2)20-12-15-7-10-17(19-4)11-8-15/h6-11H,5,12H2,1-4H3/b13-6+,16-9+. The van der Waals surface area contributed by atoms with E-state index in [9.17, 15) is 4.79 Å². The molecule has 1 aromatic carbocycles. The summed E-state index contributed by atoms with van der Waals surface area (Å²) < 4.78 is 10.7. The number of ketones is 1. The van der Waals surface area contributed by atoms with Gasteiger partial charge < -0.3 is 9.47 Å². The van der Waals surface area contributed by atoms with E-state index in [-0.39, 0.29) is 5.78 Å². The summed E-state index contributed by atoms with van der Waals surface area (Å²) >= 11 is 0. The van der Waals surface area contributed by atoms with E-state index in [0.717, 1.165) is 29.1 Å². The molecule has 0 N–H and O–H groups in total. The number of Topliss-reactive ketones (excluding diaryl/α,β-unsaturated/α-hetero) is 1. The number of methoxy groups -OCH3 is 1. The van der Waals surface area contributed by atoms with E-state index in [1.807, 2.05) is 50.3 Å². The number of allylic oxidation sites excluding steroid dienone is 4. The van der Waals surface area contributed by atoms with Crippen LogP contribution in [0.1, 0.15) is 32.8 Å². The molecular weight excluding hydrogens is 252 g/mol. The first-order valence-electron chi connectivity index (χ1n) is 6.71. The molecule has 0 atom stereocenters. The second kappa shape index (κ2) is 8.20. The van der Waals surface area contributed by atoms with Crippen LogP contribution in [-0.2, 0) is 16.1 Å². The average molecular weight is 274 g/mol. The van der Waals surface area contributed by atoms with E-state index in [4.69, 9.17) is 9.47 Å². The molecule has 0 bridgehead atoms. The van der Waals surface area contributed by atoms with Gasteiger partial charge in [0.15, 0.2) is 5.78 Å². The quantitative estimate of drug-likeness (QED) is 0.427. The summed E-state index contributed by atoms with van der Waals surface area (Å²) in [6.45, 7) is 5.93. The van der Waals surface area contributed by atoms with Gasteiger partial charge in [-0.05, 0) is 49.6 Å². The Kier molecular flexibility index (Phi) is 6.57. The van der Waals surface area contributed by atoms with Crippen LogP contribution in [0.25, 0.3) is 0 Å². The molecule has 0 heterocycles. The molecule has 0 aliphatic carbocycles. The van der Waals surface area contributed by atoms with Crippen molar-refractivity contribution in [2.24, 2.45) is 0 Å². The maximum Gasteiger partial charge on any atom is 0.155 e. The summed E-state index contributed by atoms with van der Waals surface area (Å²) in [6, 6.07) is 7.75. The maximum atomic E-state index is 11.3. The van der Waals surface area contributed by atoms with Crippen LogP contribution in [0, 0.1) is 0 Å². The first-order valence-corrected chi connectivity index (χ1v) is 6.71. The van der Waals surface area contributed by atoms with E-state index in [1.165, 1.54) is 0 Å². The smallest absolute Gasteiger partial charge is 0.155 e. The van der Waals surface area contributed by atoms with Crippen molar-refractivity contribution >= 4 is 5.78 Å².